The zero-order valence-electron chi connectivity index (χ0n) is 10.6. The van der Waals surface area contributed by atoms with Crippen molar-refractivity contribution in [3.8, 4) is 22.6 Å². The Bertz CT molecular complexity index is 660. The Labute approximate surface area is 111 Å². The summed E-state index contributed by atoms with van der Waals surface area (Å²) in [6.45, 7) is 2.04. The van der Waals surface area contributed by atoms with E-state index in [1.54, 1.807) is 0 Å². The van der Waals surface area contributed by atoms with Crippen molar-refractivity contribution >= 4 is 0 Å². The highest BCUT2D eigenvalue weighted by atomic mass is 16.5. The van der Waals surface area contributed by atoms with Crippen LogP contribution in [0.15, 0.2) is 60.9 Å². The van der Waals surface area contributed by atoms with Crippen LogP contribution in [0, 0.1) is 6.92 Å². The van der Waals surface area contributed by atoms with Gasteiger partial charge in [-0.05, 0) is 42.3 Å². The van der Waals surface area contributed by atoms with Crippen LogP contribution in [0.2, 0.25) is 0 Å². The Morgan fingerprint density at radius 3 is 2.53 bits per heavy atom. The van der Waals surface area contributed by atoms with E-state index in [9.17, 15) is 0 Å². The van der Waals surface area contributed by atoms with Crippen LogP contribution in [0.1, 0.15) is 5.56 Å². The van der Waals surface area contributed by atoms with Gasteiger partial charge in [-0.15, -0.1) is 0 Å². The van der Waals surface area contributed by atoms with Crippen LogP contribution in [0.4, 0.5) is 0 Å². The smallest absolute Gasteiger partial charge is 0.130 e. The Morgan fingerprint density at radius 2 is 1.84 bits per heavy atom. The van der Waals surface area contributed by atoms with E-state index in [1.165, 1.54) is 0 Å². The van der Waals surface area contributed by atoms with E-state index in [0.29, 0.717) is 0 Å². The molecule has 0 saturated carbocycles. The van der Waals surface area contributed by atoms with E-state index in [1.807, 2.05) is 61.8 Å². The van der Waals surface area contributed by atoms with Gasteiger partial charge in [-0.25, -0.2) is 0 Å². The van der Waals surface area contributed by atoms with Gasteiger partial charge in [0, 0.05) is 11.8 Å². The summed E-state index contributed by atoms with van der Waals surface area (Å²) in [5.74, 6) is 1.72. The van der Waals surface area contributed by atoms with Gasteiger partial charge >= 0.3 is 0 Å². The fourth-order valence-corrected chi connectivity index (χ4v) is 1.97. The predicted molar refractivity (Wildman–Crippen MR) is 75.3 cm³/mol. The maximum absolute atomic E-state index is 5.86. The topological polar surface area (TPSA) is 37.9 Å². The van der Waals surface area contributed by atoms with Gasteiger partial charge in [-0.3, -0.25) is 5.10 Å². The molecule has 3 rings (SSSR count). The summed E-state index contributed by atoms with van der Waals surface area (Å²) < 4.78 is 5.86. The average Bonchev–Trinajstić information content (AvgIpc) is 2.96. The zero-order chi connectivity index (χ0) is 13.1. The molecule has 0 amide bonds. The number of aryl methyl sites for hydroxylation is 1. The van der Waals surface area contributed by atoms with Crippen LogP contribution in [0.5, 0.6) is 11.5 Å². The van der Waals surface area contributed by atoms with Crippen molar-refractivity contribution in [1.82, 2.24) is 10.2 Å². The third kappa shape index (κ3) is 2.50. The zero-order valence-corrected chi connectivity index (χ0v) is 10.6. The molecular weight excluding hydrogens is 236 g/mol. The van der Waals surface area contributed by atoms with Crippen molar-refractivity contribution in [2.45, 2.75) is 6.92 Å². The number of H-pyrrole nitrogens is 1. The van der Waals surface area contributed by atoms with Gasteiger partial charge in [-0.2, -0.15) is 5.10 Å². The minimum Gasteiger partial charge on any atom is -0.457 e. The first-order valence-electron chi connectivity index (χ1n) is 6.15. The van der Waals surface area contributed by atoms with Crippen molar-refractivity contribution in [1.29, 1.82) is 0 Å². The molecule has 0 unspecified atom stereocenters. The van der Waals surface area contributed by atoms with E-state index in [0.717, 1.165) is 28.2 Å². The second-order valence-electron chi connectivity index (χ2n) is 4.38. The lowest BCUT2D eigenvalue weighted by molar-refractivity contribution is 0.479. The lowest BCUT2D eigenvalue weighted by Crippen LogP contribution is -1.88. The van der Waals surface area contributed by atoms with E-state index >= 15 is 0 Å². The molecule has 0 aliphatic rings. The standard InChI is InChI=1S/C16H14N2O/c1-12-9-13(14-10-17-18-11-14)7-8-16(12)19-15-5-3-2-4-6-15/h2-11H,1H3,(H,17,18). The van der Waals surface area contributed by atoms with Gasteiger partial charge in [-0.1, -0.05) is 24.3 Å². The second kappa shape index (κ2) is 4.98. The quantitative estimate of drug-likeness (QED) is 0.757. The molecule has 0 atom stereocenters. The summed E-state index contributed by atoms with van der Waals surface area (Å²) >= 11 is 0. The molecule has 1 heterocycles. The summed E-state index contributed by atoms with van der Waals surface area (Å²) in [6.07, 6.45) is 3.69. The Hall–Kier alpha value is -2.55. The summed E-state index contributed by atoms with van der Waals surface area (Å²) in [6, 6.07) is 15.9. The number of rotatable bonds is 3. The van der Waals surface area contributed by atoms with E-state index in [-0.39, 0.29) is 0 Å². The van der Waals surface area contributed by atoms with Crippen molar-refractivity contribution in [2.75, 3.05) is 0 Å². The lowest BCUT2D eigenvalue weighted by Gasteiger charge is -2.09. The fourth-order valence-electron chi connectivity index (χ4n) is 1.97. The van der Waals surface area contributed by atoms with E-state index in [4.69, 9.17) is 4.74 Å². The largest absolute Gasteiger partial charge is 0.457 e. The number of ether oxygens (including phenoxy) is 1. The number of para-hydroxylation sites is 1. The second-order valence-corrected chi connectivity index (χ2v) is 4.38. The molecule has 0 spiro atoms. The molecule has 0 fully saturated rings. The molecule has 1 N–H and O–H groups in total. The molecule has 0 aliphatic heterocycles. The monoisotopic (exact) mass is 250 g/mol. The van der Waals surface area contributed by atoms with Crippen LogP contribution in [0.3, 0.4) is 0 Å². The van der Waals surface area contributed by atoms with Crippen molar-refractivity contribution in [2.24, 2.45) is 0 Å². The molecule has 94 valence electrons. The van der Waals surface area contributed by atoms with E-state index < -0.39 is 0 Å². The first-order valence-corrected chi connectivity index (χ1v) is 6.15. The lowest BCUT2D eigenvalue weighted by atomic mass is 10.1. The van der Waals surface area contributed by atoms with Crippen LogP contribution in [-0.2, 0) is 0 Å². The van der Waals surface area contributed by atoms with Crippen molar-refractivity contribution in [3.63, 3.8) is 0 Å². The summed E-state index contributed by atoms with van der Waals surface area (Å²) in [5, 5.41) is 6.78. The number of hydrogen-bond acceptors (Lipinski definition) is 2. The number of hydrogen-bond donors (Lipinski definition) is 1. The van der Waals surface area contributed by atoms with Crippen LogP contribution < -0.4 is 4.74 Å². The molecule has 2 aromatic carbocycles. The number of nitrogens with one attached hydrogen (secondary N) is 1. The van der Waals surface area contributed by atoms with Crippen LogP contribution in [-0.4, -0.2) is 10.2 Å². The molecule has 0 aliphatic carbocycles. The Morgan fingerprint density at radius 1 is 1.00 bits per heavy atom. The minimum atomic E-state index is 0.849. The summed E-state index contributed by atoms with van der Waals surface area (Å²) in [5.41, 5.74) is 3.31. The van der Waals surface area contributed by atoms with Crippen molar-refractivity contribution in [3.05, 3.63) is 66.5 Å². The average molecular weight is 250 g/mol. The number of aromatic nitrogens is 2. The Kier molecular flexibility index (Phi) is 3.02. The fraction of sp³-hybridized carbons (Fsp3) is 0.0625. The third-order valence-electron chi connectivity index (χ3n) is 2.98. The predicted octanol–water partition coefficient (Wildman–Crippen LogP) is 4.18. The van der Waals surface area contributed by atoms with Gasteiger partial charge in [0.15, 0.2) is 0 Å². The Balaban J connectivity index is 1.88. The SMILES string of the molecule is Cc1cc(-c2cn[nH]c2)ccc1Oc1ccccc1. The summed E-state index contributed by atoms with van der Waals surface area (Å²) in [4.78, 5) is 0. The number of nitrogens with zero attached hydrogens (tertiary/aromatic N) is 1. The normalized spacial score (nSPS) is 10.4. The maximum Gasteiger partial charge on any atom is 0.130 e. The van der Waals surface area contributed by atoms with Gasteiger partial charge in [0.2, 0.25) is 0 Å². The highest BCUT2D eigenvalue weighted by Crippen LogP contribution is 2.28. The van der Waals surface area contributed by atoms with Crippen LogP contribution >= 0.6 is 0 Å². The third-order valence-corrected chi connectivity index (χ3v) is 2.98. The van der Waals surface area contributed by atoms with Gasteiger partial charge < -0.3 is 4.74 Å². The first-order chi connectivity index (χ1) is 9.33. The van der Waals surface area contributed by atoms with Gasteiger partial charge in [0.1, 0.15) is 11.5 Å². The highest BCUT2D eigenvalue weighted by molar-refractivity contribution is 5.64. The molecule has 1 aromatic heterocycles. The van der Waals surface area contributed by atoms with Crippen LogP contribution in [0.25, 0.3) is 11.1 Å². The molecule has 19 heavy (non-hydrogen) atoms. The van der Waals surface area contributed by atoms with Gasteiger partial charge in [0.05, 0.1) is 6.20 Å². The summed E-state index contributed by atoms with van der Waals surface area (Å²) in [7, 11) is 0. The number of benzene rings is 2. The minimum absolute atomic E-state index is 0.849. The molecule has 0 saturated heterocycles. The molecular formula is C16H14N2O. The van der Waals surface area contributed by atoms with E-state index in [2.05, 4.69) is 16.3 Å². The number of aromatic amines is 1. The first kappa shape index (κ1) is 11.5. The molecule has 3 aromatic rings. The van der Waals surface area contributed by atoms with Crippen molar-refractivity contribution < 1.29 is 4.74 Å². The molecule has 0 radical (unpaired) electrons. The molecule has 0 bridgehead atoms. The molecule has 3 heteroatoms. The maximum atomic E-state index is 5.86. The van der Waals surface area contributed by atoms with Gasteiger partial charge in [0.25, 0.3) is 0 Å². The highest BCUT2D eigenvalue weighted by Gasteiger charge is 2.04. The molecule has 3 nitrogen and oxygen atoms in total.